The van der Waals surface area contributed by atoms with Crippen LogP contribution in [-0.4, -0.2) is 38.3 Å². The van der Waals surface area contributed by atoms with Gasteiger partial charge in [-0.1, -0.05) is 23.7 Å². The average Bonchev–Trinajstić information content (AvgIpc) is 3.26. The molecule has 0 aliphatic rings. The van der Waals surface area contributed by atoms with Crippen molar-refractivity contribution in [3.8, 4) is 11.6 Å². The van der Waals surface area contributed by atoms with Crippen molar-refractivity contribution in [1.82, 2.24) is 19.5 Å². The van der Waals surface area contributed by atoms with Crippen molar-refractivity contribution in [3.63, 3.8) is 0 Å². The molecule has 0 fully saturated rings. The highest BCUT2D eigenvalue weighted by Gasteiger charge is 2.39. The minimum absolute atomic E-state index is 0.117. The number of benzene rings is 1. The van der Waals surface area contributed by atoms with Gasteiger partial charge in [-0.15, -0.1) is 0 Å². The van der Waals surface area contributed by atoms with Gasteiger partial charge in [0.25, 0.3) is 5.88 Å². The highest BCUT2D eigenvalue weighted by atomic mass is 35.5. The van der Waals surface area contributed by atoms with E-state index in [2.05, 4.69) is 15.0 Å². The maximum Gasteiger partial charge on any atom is 0.433 e. The van der Waals surface area contributed by atoms with E-state index in [0.717, 1.165) is 12.3 Å². The third-order valence-electron chi connectivity index (χ3n) is 5.41. The molecule has 0 saturated heterocycles. The molecule has 7 nitrogen and oxygen atoms in total. The number of rotatable bonds is 6. The lowest BCUT2D eigenvalue weighted by molar-refractivity contribution is -0.141. The maximum absolute atomic E-state index is 13.1. The summed E-state index contributed by atoms with van der Waals surface area (Å²) >= 11 is 6.62. The first-order chi connectivity index (χ1) is 16.1. The summed E-state index contributed by atoms with van der Waals surface area (Å²) in [6.07, 6.45) is -0.702. The van der Waals surface area contributed by atoms with Crippen LogP contribution >= 0.6 is 11.6 Å². The first kappa shape index (κ1) is 23.8. The Morgan fingerprint density at radius 3 is 2.41 bits per heavy atom. The second-order valence-corrected chi connectivity index (χ2v) is 7.84. The van der Waals surface area contributed by atoms with Gasteiger partial charge in [0, 0.05) is 24.2 Å². The van der Waals surface area contributed by atoms with Crippen molar-refractivity contribution in [2.75, 3.05) is 13.7 Å². The Morgan fingerprint density at radius 2 is 1.85 bits per heavy atom. The summed E-state index contributed by atoms with van der Waals surface area (Å²) in [6.45, 7) is 2.11. The van der Waals surface area contributed by atoms with Crippen LogP contribution in [0.4, 0.5) is 13.2 Å². The Bertz CT molecular complexity index is 1340. The molecule has 4 aromatic rings. The monoisotopic (exact) mass is 492 g/mol. The summed E-state index contributed by atoms with van der Waals surface area (Å²) in [6, 6.07) is 6.86. The number of aryl methyl sites for hydroxylation is 1. The van der Waals surface area contributed by atoms with Crippen LogP contribution in [0.5, 0.6) is 11.6 Å². The summed E-state index contributed by atoms with van der Waals surface area (Å²) in [4.78, 5) is 12.0. The molecule has 0 radical (unpaired) electrons. The van der Waals surface area contributed by atoms with E-state index in [1.54, 1.807) is 36.7 Å². The number of hydrogen-bond acceptors (Lipinski definition) is 6. The number of fused-ring (bicyclic) bond motifs is 1. The summed E-state index contributed by atoms with van der Waals surface area (Å²) in [5, 5.41) is 12.7. The van der Waals surface area contributed by atoms with Gasteiger partial charge in [-0.3, -0.25) is 4.98 Å². The molecule has 178 valence electrons. The third kappa shape index (κ3) is 3.92. The number of pyridine rings is 2. The lowest BCUT2D eigenvalue weighted by Gasteiger charge is -2.30. The highest BCUT2D eigenvalue weighted by molar-refractivity contribution is 6.37. The Hall–Kier alpha value is -3.37. The van der Waals surface area contributed by atoms with Crippen molar-refractivity contribution in [2.45, 2.75) is 18.7 Å². The standard InChI is InChI=1S/C23H20ClF3N4O3/c1-4-34-20-19(24)15-9-13(5-7-16(15)30-21(20)33-3)22(32,18-11-28-12-31(18)2)14-6-8-17(29-10-14)23(25,26)27/h5-12,32H,4H2,1-3H3. The van der Waals surface area contributed by atoms with Gasteiger partial charge in [-0.25, -0.2) is 9.97 Å². The fraction of sp³-hybridized carbons (Fsp3) is 0.261. The molecule has 11 heteroatoms. The van der Waals surface area contributed by atoms with Gasteiger partial charge in [-0.05, 0) is 30.7 Å². The van der Waals surface area contributed by atoms with Crippen molar-refractivity contribution in [1.29, 1.82) is 0 Å². The first-order valence-electron chi connectivity index (χ1n) is 10.1. The molecule has 1 N–H and O–H groups in total. The third-order valence-corrected chi connectivity index (χ3v) is 5.78. The van der Waals surface area contributed by atoms with Crippen molar-refractivity contribution >= 4 is 22.5 Å². The number of hydrogen-bond donors (Lipinski definition) is 1. The normalized spacial score (nSPS) is 13.6. The van der Waals surface area contributed by atoms with Gasteiger partial charge in [0.15, 0.2) is 5.60 Å². The summed E-state index contributed by atoms with van der Waals surface area (Å²) in [5.41, 5.74) is -1.73. The van der Waals surface area contributed by atoms with E-state index < -0.39 is 17.5 Å². The lowest BCUT2D eigenvalue weighted by atomic mass is 9.83. The predicted molar refractivity (Wildman–Crippen MR) is 119 cm³/mol. The highest BCUT2D eigenvalue weighted by Crippen LogP contribution is 2.43. The van der Waals surface area contributed by atoms with Crippen LogP contribution in [0.15, 0.2) is 49.1 Å². The van der Waals surface area contributed by atoms with Gasteiger partial charge in [0.2, 0.25) is 5.75 Å². The molecule has 34 heavy (non-hydrogen) atoms. The molecular weight excluding hydrogens is 473 g/mol. The van der Waals surface area contributed by atoms with Crippen molar-refractivity contribution in [3.05, 3.63) is 76.6 Å². The van der Waals surface area contributed by atoms with E-state index in [1.807, 2.05) is 0 Å². The Morgan fingerprint density at radius 1 is 1.12 bits per heavy atom. The molecule has 0 amide bonds. The number of alkyl halides is 3. The second-order valence-electron chi connectivity index (χ2n) is 7.46. The SMILES string of the molecule is CCOc1c(OC)nc2ccc(C(O)(c3ccc(C(F)(F)F)nc3)c3cncn3C)cc2c1Cl. The minimum atomic E-state index is -4.61. The van der Waals surface area contributed by atoms with E-state index in [1.165, 1.54) is 25.7 Å². The number of imidazole rings is 1. The zero-order valence-electron chi connectivity index (χ0n) is 18.4. The molecule has 4 rings (SSSR count). The maximum atomic E-state index is 13.1. The second kappa shape index (κ2) is 8.77. The molecule has 0 spiro atoms. The number of aromatic nitrogens is 4. The summed E-state index contributed by atoms with van der Waals surface area (Å²) < 4.78 is 51.7. The number of halogens is 4. The van der Waals surface area contributed by atoms with E-state index in [-0.39, 0.29) is 22.2 Å². The molecule has 0 saturated carbocycles. The topological polar surface area (TPSA) is 82.3 Å². The quantitative estimate of drug-likeness (QED) is 0.419. The Labute approximate surface area is 197 Å². The van der Waals surface area contributed by atoms with Crippen LogP contribution in [0.3, 0.4) is 0 Å². The molecule has 1 atom stereocenters. The largest absolute Gasteiger partial charge is 0.487 e. The van der Waals surface area contributed by atoms with E-state index in [0.29, 0.717) is 28.8 Å². The molecule has 1 unspecified atom stereocenters. The van der Waals surface area contributed by atoms with Gasteiger partial charge >= 0.3 is 6.18 Å². The van der Waals surface area contributed by atoms with E-state index in [9.17, 15) is 18.3 Å². The van der Waals surface area contributed by atoms with E-state index in [4.69, 9.17) is 21.1 Å². The van der Waals surface area contributed by atoms with Crippen molar-refractivity contribution in [2.24, 2.45) is 7.05 Å². The zero-order chi connectivity index (χ0) is 24.7. The molecule has 3 heterocycles. The van der Waals surface area contributed by atoms with E-state index >= 15 is 0 Å². The average molecular weight is 493 g/mol. The smallest absolute Gasteiger partial charge is 0.433 e. The predicted octanol–water partition coefficient (Wildman–Crippen LogP) is 4.73. The van der Waals surface area contributed by atoms with Crippen LogP contribution in [0.2, 0.25) is 5.02 Å². The summed E-state index contributed by atoms with van der Waals surface area (Å²) in [5.74, 6) is 0.456. The van der Waals surface area contributed by atoms with Crippen LogP contribution in [0, 0.1) is 0 Å². The number of aliphatic hydroxyl groups is 1. The minimum Gasteiger partial charge on any atom is -0.487 e. The van der Waals surface area contributed by atoms with Gasteiger partial charge in [0.1, 0.15) is 5.69 Å². The van der Waals surface area contributed by atoms with Crippen LogP contribution in [0.1, 0.15) is 29.4 Å². The van der Waals surface area contributed by atoms with Crippen LogP contribution in [-0.2, 0) is 18.8 Å². The molecule has 0 bridgehead atoms. The van der Waals surface area contributed by atoms with Crippen molar-refractivity contribution < 1.29 is 27.8 Å². The van der Waals surface area contributed by atoms with Gasteiger partial charge in [-0.2, -0.15) is 13.2 Å². The number of nitrogens with zero attached hydrogens (tertiary/aromatic N) is 4. The first-order valence-corrected chi connectivity index (χ1v) is 10.5. The van der Waals surface area contributed by atoms with Crippen LogP contribution < -0.4 is 9.47 Å². The summed E-state index contributed by atoms with van der Waals surface area (Å²) in [7, 11) is 3.11. The fourth-order valence-corrected chi connectivity index (χ4v) is 4.05. The fourth-order valence-electron chi connectivity index (χ4n) is 3.76. The van der Waals surface area contributed by atoms with Gasteiger partial charge in [0.05, 0.1) is 42.5 Å². The van der Waals surface area contributed by atoms with Gasteiger partial charge < -0.3 is 19.1 Å². The van der Waals surface area contributed by atoms with Crippen LogP contribution in [0.25, 0.3) is 10.9 Å². The number of methoxy groups -OCH3 is 1. The molecule has 3 aromatic heterocycles. The number of ether oxygens (including phenoxy) is 2. The molecule has 0 aliphatic carbocycles. The lowest BCUT2D eigenvalue weighted by Crippen LogP contribution is -2.31. The molecule has 1 aromatic carbocycles. The molecular formula is C23H20ClF3N4O3. The zero-order valence-corrected chi connectivity index (χ0v) is 19.1. The Kier molecular flexibility index (Phi) is 6.13. The molecule has 0 aliphatic heterocycles. The Balaban J connectivity index is 1.96.